The molecule has 0 bridgehead atoms. The molecule has 0 saturated heterocycles. The van der Waals surface area contributed by atoms with Gasteiger partial charge in [-0.15, -0.1) is 0 Å². The maximum absolute atomic E-state index is 5.94. The van der Waals surface area contributed by atoms with E-state index in [2.05, 4.69) is 18.1 Å². The van der Waals surface area contributed by atoms with Crippen LogP contribution in [0, 0.1) is 0 Å². The zero-order valence-electron chi connectivity index (χ0n) is 10.5. The van der Waals surface area contributed by atoms with Crippen LogP contribution < -0.4 is 5.73 Å². The highest BCUT2D eigenvalue weighted by molar-refractivity contribution is 6.33. The molecule has 19 heavy (non-hydrogen) atoms. The number of hydrogen-bond acceptors (Lipinski definition) is 3. The summed E-state index contributed by atoms with van der Waals surface area (Å²) < 4.78 is 5.35. The summed E-state index contributed by atoms with van der Waals surface area (Å²) in [6.07, 6.45) is 0.976. The summed E-state index contributed by atoms with van der Waals surface area (Å²) in [5, 5.41) is 5.69. The van der Waals surface area contributed by atoms with Crippen LogP contribution in [-0.2, 0) is 6.42 Å². The number of halogens is 1. The molecule has 0 radical (unpaired) electrons. The number of aryl methyl sites for hydroxylation is 1. The average molecular weight is 273 g/mol. The summed E-state index contributed by atoms with van der Waals surface area (Å²) >= 11 is 5.94. The summed E-state index contributed by atoms with van der Waals surface area (Å²) in [7, 11) is 0. The van der Waals surface area contributed by atoms with Gasteiger partial charge in [-0.3, -0.25) is 0 Å². The predicted molar refractivity (Wildman–Crippen MR) is 78.2 cm³/mol. The highest BCUT2D eigenvalue weighted by Crippen LogP contribution is 2.31. The largest absolute Gasteiger partial charge is 0.398 e. The molecule has 0 amide bonds. The fourth-order valence-corrected chi connectivity index (χ4v) is 2.22. The van der Waals surface area contributed by atoms with Gasteiger partial charge in [-0.05, 0) is 36.2 Å². The Kier molecular flexibility index (Phi) is 2.91. The van der Waals surface area contributed by atoms with E-state index in [9.17, 15) is 0 Å². The van der Waals surface area contributed by atoms with E-state index in [4.69, 9.17) is 21.9 Å². The Morgan fingerprint density at radius 1 is 1.21 bits per heavy atom. The third-order valence-corrected chi connectivity index (χ3v) is 3.56. The molecule has 2 N–H and O–H groups in total. The van der Waals surface area contributed by atoms with Crippen molar-refractivity contribution in [3.8, 4) is 11.3 Å². The maximum atomic E-state index is 5.94. The lowest BCUT2D eigenvalue weighted by Gasteiger charge is -2.02. The second kappa shape index (κ2) is 4.59. The van der Waals surface area contributed by atoms with E-state index < -0.39 is 0 Å². The number of nitrogen functional groups attached to an aromatic ring is 1. The summed E-state index contributed by atoms with van der Waals surface area (Å²) in [4.78, 5) is 0. The molecule has 0 spiro atoms. The third-order valence-electron chi connectivity index (χ3n) is 3.21. The number of aromatic nitrogens is 1. The van der Waals surface area contributed by atoms with Gasteiger partial charge >= 0.3 is 0 Å². The van der Waals surface area contributed by atoms with Crippen molar-refractivity contribution in [1.29, 1.82) is 0 Å². The Bertz CT molecular complexity index is 749. The van der Waals surface area contributed by atoms with Crippen molar-refractivity contribution in [3.63, 3.8) is 0 Å². The van der Waals surface area contributed by atoms with Gasteiger partial charge in [-0.1, -0.05) is 35.8 Å². The topological polar surface area (TPSA) is 52.0 Å². The zero-order valence-corrected chi connectivity index (χ0v) is 11.2. The fraction of sp³-hybridized carbons (Fsp3) is 0.133. The van der Waals surface area contributed by atoms with E-state index in [0.717, 1.165) is 28.6 Å². The summed E-state index contributed by atoms with van der Waals surface area (Å²) in [6.45, 7) is 2.12. The number of fused-ring (bicyclic) bond motifs is 1. The molecule has 0 saturated carbocycles. The highest BCUT2D eigenvalue weighted by Gasteiger charge is 2.11. The van der Waals surface area contributed by atoms with Crippen LogP contribution in [0.1, 0.15) is 12.5 Å². The highest BCUT2D eigenvalue weighted by atomic mass is 35.5. The Balaban J connectivity index is 2.21. The Morgan fingerprint density at radius 2 is 2.05 bits per heavy atom. The number of benzene rings is 2. The second-order valence-electron chi connectivity index (χ2n) is 4.45. The molecule has 1 aromatic heterocycles. The maximum Gasteiger partial charge on any atom is 0.167 e. The van der Waals surface area contributed by atoms with Gasteiger partial charge in [0.25, 0.3) is 0 Å². The van der Waals surface area contributed by atoms with Gasteiger partial charge in [0, 0.05) is 10.9 Å². The summed E-state index contributed by atoms with van der Waals surface area (Å²) in [6, 6.07) is 11.6. The quantitative estimate of drug-likeness (QED) is 0.708. The van der Waals surface area contributed by atoms with E-state index in [0.29, 0.717) is 10.7 Å². The van der Waals surface area contributed by atoms with Crippen LogP contribution in [0.2, 0.25) is 5.02 Å². The number of rotatable bonds is 2. The smallest absolute Gasteiger partial charge is 0.167 e. The second-order valence-corrected chi connectivity index (χ2v) is 4.86. The molecule has 3 rings (SSSR count). The van der Waals surface area contributed by atoms with Crippen molar-refractivity contribution in [3.05, 3.63) is 47.0 Å². The first-order valence-electron chi connectivity index (χ1n) is 6.12. The van der Waals surface area contributed by atoms with Crippen molar-refractivity contribution in [2.45, 2.75) is 13.3 Å². The monoisotopic (exact) mass is 272 g/mol. The van der Waals surface area contributed by atoms with Crippen LogP contribution in [0.25, 0.3) is 22.2 Å². The van der Waals surface area contributed by atoms with Crippen molar-refractivity contribution in [1.82, 2.24) is 5.16 Å². The Hall–Kier alpha value is -2.00. The molecule has 0 aliphatic rings. The summed E-state index contributed by atoms with van der Waals surface area (Å²) in [5.41, 5.74) is 10.1. The fourth-order valence-electron chi connectivity index (χ4n) is 2.10. The van der Waals surface area contributed by atoms with Gasteiger partial charge in [-0.2, -0.15) is 0 Å². The van der Waals surface area contributed by atoms with E-state index in [-0.39, 0.29) is 0 Å². The van der Waals surface area contributed by atoms with Gasteiger partial charge in [-0.25, -0.2) is 0 Å². The van der Waals surface area contributed by atoms with E-state index in [1.54, 1.807) is 6.07 Å². The molecule has 0 atom stereocenters. The number of anilines is 1. The molecule has 0 aliphatic heterocycles. The summed E-state index contributed by atoms with van der Waals surface area (Å²) in [5.74, 6) is 0. The number of nitrogens with two attached hydrogens (primary N) is 1. The number of hydrogen-bond donors (Lipinski definition) is 1. The number of nitrogens with zero attached hydrogens (tertiary/aromatic N) is 1. The van der Waals surface area contributed by atoms with Crippen LogP contribution in [-0.4, -0.2) is 5.16 Å². The first-order valence-corrected chi connectivity index (χ1v) is 6.50. The predicted octanol–water partition coefficient (Wildman–Crippen LogP) is 4.29. The Morgan fingerprint density at radius 3 is 2.79 bits per heavy atom. The van der Waals surface area contributed by atoms with Gasteiger partial charge in [0.2, 0.25) is 0 Å². The van der Waals surface area contributed by atoms with Crippen LogP contribution >= 0.6 is 11.6 Å². The molecule has 1 heterocycles. The van der Waals surface area contributed by atoms with Gasteiger partial charge in [0.05, 0.1) is 10.7 Å². The van der Waals surface area contributed by atoms with Gasteiger partial charge in [0.15, 0.2) is 5.58 Å². The lowest BCUT2D eigenvalue weighted by atomic mass is 10.0. The minimum absolute atomic E-state index is 0.543. The van der Waals surface area contributed by atoms with Gasteiger partial charge in [0.1, 0.15) is 5.69 Å². The first kappa shape index (κ1) is 12.1. The van der Waals surface area contributed by atoms with Crippen molar-refractivity contribution < 1.29 is 4.52 Å². The minimum Gasteiger partial charge on any atom is -0.398 e. The molecular weight excluding hydrogens is 260 g/mol. The molecule has 0 aliphatic carbocycles. The van der Waals surface area contributed by atoms with E-state index in [1.165, 1.54) is 5.56 Å². The zero-order chi connectivity index (χ0) is 13.4. The molecule has 2 aromatic carbocycles. The van der Waals surface area contributed by atoms with Crippen molar-refractivity contribution in [2.75, 3.05) is 5.73 Å². The lowest BCUT2D eigenvalue weighted by Crippen LogP contribution is -1.88. The van der Waals surface area contributed by atoms with E-state index >= 15 is 0 Å². The van der Waals surface area contributed by atoms with Crippen LogP contribution in [0.5, 0.6) is 0 Å². The molecule has 4 heteroatoms. The van der Waals surface area contributed by atoms with Crippen molar-refractivity contribution in [2.24, 2.45) is 0 Å². The van der Waals surface area contributed by atoms with E-state index in [1.807, 2.05) is 24.3 Å². The first-order chi connectivity index (χ1) is 9.19. The minimum atomic E-state index is 0.543. The van der Waals surface area contributed by atoms with Crippen LogP contribution in [0.3, 0.4) is 0 Å². The lowest BCUT2D eigenvalue weighted by molar-refractivity contribution is 0.459. The molecule has 3 nitrogen and oxygen atoms in total. The molecule has 0 unspecified atom stereocenters. The Labute approximate surface area is 116 Å². The van der Waals surface area contributed by atoms with Gasteiger partial charge < -0.3 is 10.3 Å². The van der Waals surface area contributed by atoms with Crippen LogP contribution in [0.4, 0.5) is 5.69 Å². The normalized spacial score (nSPS) is 11.1. The SMILES string of the molecule is CCc1ccc2onc(-c3ccc(Cl)c(N)c3)c2c1. The molecule has 0 fully saturated rings. The molecule has 96 valence electrons. The van der Waals surface area contributed by atoms with Crippen LogP contribution in [0.15, 0.2) is 40.9 Å². The standard InChI is InChI=1S/C15H13ClN2O/c1-2-9-3-6-14-11(7-9)15(18-19-14)10-4-5-12(16)13(17)8-10/h3-8H,2,17H2,1H3. The third kappa shape index (κ3) is 2.06. The molecular formula is C15H13ClN2O. The average Bonchev–Trinajstić information content (AvgIpc) is 2.84. The van der Waals surface area contributed by atoms with Crippen molar-refractivity contribution >= 4 is 28.3 Å². The molecule has 3 aromatic rings.